The minimum atomic E-state index is -1.02. The molecule has 0 amide bonds. The Bertz CT molecular complexity index is 642. The zero-order valence-electron chi connectivity index (χ0n) is 20.4. The molecular weight excluding hydrogens is 418 g/mol. The van der Waals surface area contributed by atoms with Crippen LogP contribution in [0.25, 0.3) is 0 Å². The molecular formula is C27H45NO5. The first-order chi connectivity index (χ1) is 15.9. The van der Waals surface area contributed by atoms with Crippen molar-refractivity contribution in [3.8, 4) is 5.75 Å². The second kappa shape index (κ2) is 21.5. The lowest BCUT2D eigenvalue weighted by molar-refractivity contribution is -0.139. The highest BCUT2D eigenvalue weighted by atomic mass is 16.4. The van der Waals surface area contributed by atoms with Crippen LogP contribution in [0.4, 0.5) is 0 Å². The van der Waals surface area contributed by atoms with Crippen LogP contribution in [-0.4, -0.2) is 33.3 Å². The van der Waals surface area contributed by atoms with Crippen molar-refractivity contribution >= 4 is 11.9 Å². The Morgan fingerprint density at radius 3 is 1.79 bits per heavy atom. The highest BCUT2D eigenvalue weighted by molar-refractivity contribution is 5.73. The summed E-state index contributed by atoms with van der Waals surface area (Å²) in [6, 6.07) is 5.42. The number of phenolic OH excluding ortho intramolecular Hbond substituents is 1. The predicted octanol–water partition coefficient (Wildman–Crippen LogP) is 6.46. The number of benzene rings is 1. The molecule has 0 aliphatic rings. The highest BCUT2D eigenvalue weighted by Gasteiger charge is 2.11. The molecule has 33 heavy (non-hydrogen) atoms. The van der Waals surface area contributed by atoms with Gasteiger partial charge in [-0.15, -0.1) is 0 Å². The summed E-state index contributed by atoms with van der Waals surface area (Å²) in [6.45, 7) is 2.26. The van der Waals surface area contributed by atoms with Crippen LogP contribution < -0.4 is 5.73 Å². The largest absolute Gasteiger partial charge is 0.508 e. The fourth-order valence-electron chi connectivity index (χ4n) is 3.32. The van der Waals surface area contributed by atoms with Gasteiger partial charge in [-0.2, -0.15) is 0 Å². The molecule has 0 radical (unpaired) electrons. The summed E-state index contributed by atoms with van der Waals surface area (Å²) >= 11 is 0. The molecule has 5 N–H and O–H groups in total. The van der Waals surface area contributed by atoms with Crippen molar-refractivity contribution in [2.24, 2.45) is 5.73 Å². The Hall–Kier alpha value is -2.34. The Morgan fingerprint density at radius 2 is 1.30 bits per heavy atom. The summed E-state index contributed by atoms with van der Waals surface area (Å²) < 4.78 is 0. The van der Waals surface area contributed by atoms with Gasteiger partial charge in [-0.05, 0) is 56.2 Å². The van der Waals surface area contributed by atoms with E-state index in [1.54, 1.807) is 12.1 Å². The first-order valence-electron chi connectivity index (χ1n) is 12.5. The van der Waals surface area contributed by atoms with Gasteiger partial charge in [0, 0.05) is 6.42 Å². The van der Waals surface area contributed by atoms with Crippen LogP contribution in [0.1, 0.15) is 102 Å². The summed E-state index contributed by atoms with van der Waals surface area (Å²) in [6.07, 6.45) is 21.5. The van der Waals surface area contributed by atoms with E-state index in [4.69, 9.17) is 21.1 Å². The van der Waals surface area contributed by atoms with Gasteiger partial charge >= 0.3 is 11.9 Å². The number of carboxylic acid groups (broad SMARTS) is 2. The van der Waals surface area contributed by atoms with Crippen LogP contribution in [0.5, 0.6) is 5.75 Å². The molecule has 0 aliphatic heterocycles. The van der Waals surface area contributed by atoms with E-state index in [0.717, 1.165) is 18.4 Å². The lowest BCUT2D eigenvalue weighted by Crippen LogP contribution is -2.32. The molecule has 188 valence electrons. The second-order valence-corrected chi connectivity index (χ2v) is 8.54. The van der Waals surface area contributed by atoms with Crippen molar-refractivity contribution < 1.29 is 24.9 Å². The number of carboxylic acids is 2. The monoisotopic (exact) mass is 463 g/mol. The lowest BCUT2D eigenvalue weighted by atomic mass is 10.1. The van der Waals surface area contributed by atoms with E-state index in [9.17, 15) is 9.59 Å². The number of hydrogen-bond donors (Lipinski definition) is 4. The third kappa shape index (κ3) is 21.3. The molecule has 0 saturated carbocycles. The zero-order chi connectivity index (χ0) is 24.7. The van der Waals surface area contributed by atoms with Crippen molar-refractivity contribution in [2.75, 3.05) is 0 Å². The Kier molecular flexibility index (Phi) is 20.0. The Balaban J connectivity index is 0.000000676. The molecule has 1 aromatic carbocycles. The van der Waals surface area contributed by atoms with Crippen molar-refractivity contribution in [3.05, 3.63) is 42.0 Å². The molecule has 0 bridgehead atoms. The van der Waals surface area contributed by atoms with E-state index >= 15 is 0 Å². The van der Waals surface area contributed by atoms with Crippen molar-refractivity contribution in [1.82, 2.24) is 0 Å². The van der Waals surface area contributed by atoms with Crippen molar-refractivity contribution in [2.45, 2.75) is 109 Å². The maximum absolute atomic E-state index is 10.4. The summed E-state index contributed by atoms with van der Waals surface area (Å²) in [5, 5.41) is 26.0. The fraction of sp³-hybridized carbons (Fsp3) is 0.630. The summed E-state index contributed by atoms with van der Waals surface area (Å²) in [5.41, 5.74) is 6.12. The van der Waals surface area contributed by atoms with Gasteiger partial charge in [0.2, 0.25) is 0 Å². The van der Waals surface area contributed by atoms with Gasteiger partial charge in [0.1, 0.15) is 11.8 Å². The van der Waals surface area contributed by atoms with Gasteiger partial charge < -0.3 is 21.1 Å². The predicted molar refractivity (Wildman–Crippen MR) is 135 cm³/mol. The fourth-order valence-corrected chi connectivity index (χ4v) is 3.32. The van der Waals surface area contributed by atoms with E-state index in [0.29, 0.717) is 6.42 Å². The standard InChI is InChI=1S/C18H34O2.C9H11NO3/c1-2-3-4-5-6-7-8-9-10-11-12-13-14-15-16-17-18(19)20;10-8(9(12)13)5-6-1-3-7(11)4-2-6/h9-10H,2-8,11-17H2,1H3,(H,19,20);1-4,8,11H,5,10H2,(H,12,13)/b10-9-;. The maximum Gasteiger partial charge on any atom is 0.320 e. The average molecular weight is 464 g/mol. The summed E-state index contributed by atoms with van der Waals surface area (Å²) in [5.74, 6) is -1.52. The SMILES string of the molecule is CCCCCCCC/C=C\CCCCCCCC(=O)O.NC(Cc1ccc(O)cc1)C(=O)O. The van der Waals surface area contributed by atoms with Crippen LogP contribution in [0.3, 0.4) is 0 Å². The molecule has 0 aromatic heterocycles. The number of allylic oxidation sites excluding steroid dienone is 2. The number of hydrogen-bond acceptors (Lipinski definition) is 4. The molecule has 1 aromatic rings. The number of rotatable bonds is 18. The molecule has 0 fully saturated rings. The van der Waals surface area contributed by atoms with Gasteiger partial charge in [-0.1, -0.05) is 82.6 Å². The van der Waals surface area contributed by atoms with Crippen molar-refractivity contribution in [1.29, 1.82) is 0 Å². The second-order valence-electron chi connectivity index (χ2n) is 8.54. The molecule has 1 unspecified atom stereocenters. The quantitative estimate of drug-likeness (QED) is 0.146. The minimum Gasteiger partial charge on any atom is -0.508 e. The first-order valence-corrected chi connectivity index (χ1v) is 12.5. The molecule has 1 atom stereocenters. The summed E-state index contributed by atoms with van der Waals surface area (Å²) in [4.78, 5) is 20.7. The molecule has 0 aliphatic carbocycles. The number of aromatic hydroxyl groups is 1. The van der Waals surface area contributed by atoms with E-state index in [-0.39, 0.29) is 12.2 Å². The maximum atomic E-state index is 10.4. The number of carbonyl (C=O) groups is 2. The van der Waals surface area contributed by atoms with E-state index in [1.807, 2.05) is 0 Å². The van der Waals surface area contributed by atoms with Gasteiger partial charge in [-0.3, -0.25) is 9.59 Å². The van der Waals surface area contributed by atoms with Gasteiger partial charge in [0.05, 0.1) is 0 Å². The minimum absolute atomic E-state index is 0.160. The average Bonchev–Trinajstić information content (AvgIpc) is 2.78. The third-order valence-corrected chi connectivity index (χ3v) is 5.36. The highest BCUT2D eigenvalue weighted by Crippen LogP contribution is 2.11. The van der Waals surface area contributed by atoms with Crippen LogP contribution in [-0.2, 0) is 16.0 Å². The van der Waals surface area contributed by atoms with E-state index in [2.05, 4.69) is 19.1 Å². The smallest absolute Gasteiger partial charge is 0.320 e. The number of nitrogens with two attached hydrogens (primary N) is 1. The molecule has 1 rings (SSSR count). The Morgan fingerprint density at radius 1 is 0.818 bits per heavy atom. The summed E-state index contributed by atoms with van der Waals surface area (Å²) in [7, 11) is 0. The molecule has 0 heterocycles. The van der Waals surface area contributed by atoms with Crippen LogP contribution in [0, 0.1) is 0 Å². The number of aliphatic carboxylic acids is 2. The number of phenols is 1. The van der Waals surface area contributed by atoms with Crippen LogP contribution in [0.15, 0.2) is 36.4 Å². The zero-order valence-corrected chi connectivity index (χ0v) is 20.4. The van der Waals surface area contributed by atoms with Crippen LogP contribution in [0.2, 0.25) is 0 Å². The molecule has 6 nitrogen and oxygen atoms in total. The lowest BCUT2D eigenvalue weighted by Gasteiger charge is -2.05. The normalized spacial score (nSPS) is 11.7. The van der Waals surface area contributed by atoms with Gasteiger partial charge in [0.25, 0.3) is 0 Å². The molecule has 0 saturated heterocycles. The van der Waals surface area contributed by atoms with Crippen molar-refractivity contribution in [3.63, 3.8) is 0 Å². The number of unbranched alkanes of at least 4 members (excludes halogenated alkanes) is 11. The van der Waals surface area contributed by atoms with E-state index < -0.39 is 18.0 Å². The van der Waals surface area contributed by atoms with E-state index in [1.165, 1.54) is 82.8 Å². The Labute approximate surface area is 199 Å². The molecule has 0 spiro atoms. The first kappa shape index (κ1) is 30.7. The van der Waals surface area contributed by atoms with Gasteiger partial charge in [-0.25, -0.2) is 0 Å². The van der Waals surface area contributed by atoms with Gasteiger partial charge in [0.15, 0.2) is 0 Å². The van der Waals surface area contributed by atoms with Crippen LogP contribution >= 0.6 is 0 Å². The topological polar surface area (TPSA) is 121 Å². The third-order valence-electron chi connectivity index (χ3n) is 5.36. The molecule has 6 heteroatoms.